The summed E-state index contributed by atoms with van der Waals surface area (Å²) in [6, 6.07) is 3.93. The molecule has 0 unspecified atom stereocenters. The summed E-state index contributed by atoms with van der Waals surface area (Å²) in [4.78, 5) is 11.0. The molecule has 0 bridgehead atoms. The van der Waals surface area contributed by atoms with E-state index in [-0.39, 0.29) is 11.3 Å². The average Bonchev–Trinajstić information content (AvgIpc) is 2.18. The van der Waals surface area contributed by atoms with E-state index >= 15 is 0 Å². The van der Waals surface area contributed by atoms with Crippen molar-refractivity contribution < 1.29 is 14.3 Å². The van der Waals surface area contributed by atoms with Crippen LogP contribution in [0.3, 0.4) is 0 Å². The third-order valence-corrected chi connectivity index (χ3v) is 2.29. The van der Waals surface area contributed by atoms with Crippen molar-refractivity contribution in [2.75, 3.05) is 7.11 Å². The summed E-state index contributed by atoms with van der Waals surface area (Å²) < 4.78 is 9.84. The molecule has 2 aromatic rings. The van der Waals surface area contributed by atoms with Crippen LogP contribution in [-0.2, 0) is 0 Å². The van der Waals surface area contributed by atoms with E-state index in [2.05, 4.69) is 0 Å². The number of methoxy groups -OCH3 is 1. The van der Waals surface area contributed by atoms with Crippen LogP contribution in [0.1, 0.15) is 0 Å². The van der Waals surface area contributed by atoms with Crippen LogP contribution in [-0.4, -0.2) is 12.2 Å². The molecule has 1 heterocycles. The van der Waals surface area contributed by atoms with Crippen molar-refractivity contribution in [3.8, 4) is 11.5 Å². The van der Waals surface area contributed by atoms with E-state index in [9.17, 15) is 9.90 Å². The van der Waals surface area contributed by atoms with Gasteiger partial charge in [0.2, 0.25) is 0 Å². The monoisotopic (exact) mass is 226 g/mol. The number of benzene rings is 1. The highest BCUT2D eigenvalue weighted by Crippen LogP contribution is 2.32. The summed E-state index contributed by atoms with van der Waals surface area (Å²) in [6.07, 6.45) is 0. The quantitative estimate of drug-likeness (QED) is 0.757. The molecule has 0 aliphatic rings. The zero-order valence-electron chi connectivity index (χ0n) is 7.78. The summed E-state index contributed by atoms with van der Waals surface area (Å²) >= 11 is 5.86. The lowest BCUT2D eigenvalue weighted by atomic mass is 10.2. The van der Waals surface area contributed by atoms with E-state index < -0.39 is 5.63 Å². The van der Waals surface area contributed by atoms with Crippen molar-refractivity contribution in [3.05, 3.63) is 33.6 Å². The van der Waals surface area contributed by atoms with Crippen LogP contribution in [0.25, 0.3) is 11.0 Å². The van der Waals surface area contributed by atoms with Gasteiger partial charge in [0.05, 0.1) is 23.6 Å². The first-order valence-electron chi connectivity index (χ1n) is 4.12. The first-order valence-corrected chi connectivity index (χ1v) is 4.50. The molecule has 15 heavy (non-hydrogen) atoms. The summed E-state index contributed by atoms with van der Waals surface area (Å²) in [5, 5.41) is 10.2. The molecular formula is C10H7ClO4. The number of rotatable bonds is 1. The molecule has 0 aliphatic heterocycles. The van der Waals surface area contributed by atoms with Gasteiger partial charge in [-0.1, -0.05) is 11.6 Å². The molecule has 0 atom stereocenters. The SMILES string of the molecule is COc1cc2oc(=O)cc(O)c2cc1Cl. The van der Waals surface area contributed by atoms with Gasteiger partial charge in [0.15, 0.2) is 0 Å². The number of fused-ring (bicyclic) bond motifs is 1. The van der Waals surface area contributed by atoms with E-state index in [1.165, 1.54) is 19.2 Å². The topological polar surface area (TPSA) is 59.7 Å². The Balaban J connectivity index is 2.87. The van der Waals surface area contributed by atoms with Crippen molar-refractivity contribution in [1.82, 2.24) is 0 Å². The lowest BCUT2D eigenvalue weighted by Gasteiger charge is -2.04. The van der Waals surface area contributed by atoms with Crippen LogP contribution in [0.15, 0.2) is 27.4 Å². The number of aromatic hydroxyl groups is 1. The number of ether oxygens (including phenoxy) is 1. The van der Waals surface area contributed by atoms with Gasteiger partial charge in [-0.3, -0.25) is 0 Å². The third kappa shape index (κ3) is 1.64. The second-order valence-corrected chi connectivity index (χ2v) is 3.34. The molecule has 78 valence electrons. The van der Waals surface area contributed by atoms with Crippen molar-refractivity contribution in [2.45, 2.75) is 0 Å². The molecule has 4 nitrogen and oxygen atoms in total. The van der Waals surface area contributed by atoms with Crippen LogP contribution in [0, 0.1) is 0 Å². The molecule has 1 aromatic carbocycles. The highest BCUT2D eigenvalue weighted by Gasteiger charge is 2.09. The predicted octanol–water partition coefficient (Wildman–Crippen LogP) is 2.16. The Kier molecular flexibility index (Phi) is 2.28. The summed E-state index contributed by atoms with van der Waals surface area (Å²) in [7, 11) is 1.45. The van der Waals surface area contributed by atoms with Crippen molar-refractivity contribution in [2.24, 2.45) is 0 Å². The maximum Gasteiger partial charge on any atom is 0.339 e. The standard InChI is InChI=1S/C10H7ClO4/c1-14-9-4-8-5(2-6(9)11)7(12)3-10(13)15-8/h2-4,12H,1H3. The average molecular weight is 227 g/mol. The molecule has 2 rings (SSSR count). The smallest absolute Gasteiger partial charge is 0.339 e. The van der Waals surface area contributed by atoms with Crippen LogP contribution in [0.2, 0.25) is 5.02 Å². The summed E-state index contributed by atoms with van der Waals surface area (Å²) in [5.41, 5.74) is -0.384. The fourth-order valence-corrected chi connectivity index (χ4v) is 1.54. The van der Waals surface area contributed by atoms with Crippen molar-refractivity contribution in [3.63, 3.8) is 0 Å². The molecule has 5 heteroatoms. The van der Waals surface area contributed by atoms with E-state index in [0.717, 1.165) is 6.07 Å². The minimum Gasteiger partial charge on any atom is -0.507 e. The number of hydrogen-bond donors (Lipinski definition) is 1. The van der Waals surface area contributed by atoms with Gasteiger partial charge in [-0.15, -0.1) is 0 Å². The Morgan fingerprint density at radius 2 is 2.13 bits per heavy atom. The Bertz CT molecular complexity index is 573. The predicted molar refractivity (Wildman–Crippen MR) is 55.7 cm³/mol. The second-order valence-electron chi connectivity index (χ2n) is 2.93. The minimum absolute atomic E-state index is 0.161. The Morgan fingerprint density at radius 3 is 2.80 bits per heavy atom. The summed E-state index contributed by atoms with van der Waals surface area (Å²) in [6.45, 7) is 0. The molecule has 0 amide bonds. The molecule has 1 N–H and O–H groups in total. The zero-order chi connectivity index (χ0) is 11.0. The third-order valence-electron chi connectivity index (χ3n) is 2.00. The van der Waals surface area contributed by atoms with Gasteiger partial charge in [-0.05, 0) is 6.07 Å². The Morgan fingerprint density at radius 1 is 1.40 bits per heavy atom. The van der Waals surface area contributed by atoms with Crippen molar-refractivity contribution in [1.29, 1.82) is 0 Å². The molecule has 0 radical (unpaired) electrons. The Labute approximate surface area is 89.7 Å². The largest absolute Gasteiger partial charge is 0.507 e. The van der Waals surface area contributed by atoms with E-state index in [4.69, 9.17) is 20.8 Å². The fraction of sp³-hybridized carbons (Fsp3) is 0.100. The van der Waals surface area contributed by atoms with E-state index in [1.807, 2.05) is 0 Å². The van der Waals surface area contributed by atoms with Gasteiger partial charge < -0.3 is 14.3 Å². The minimum atomic E-state index is -0.621. The van der Waals surface area contributed by atoms with Gasteiger partial charge in [0.1, 0.15) is 17.1 Å². The van der Waals surface area contributed by atoms with Crippen LogP contribution in [0.5, 0.6) is 11.5 Å². The maximum absolute atomic E-state index is 11.0. The highest BCUT2D eigenvalue weighted by molar-refractivity contribution is 6.32. The Hall–Kier alpha value is -1.68. The second kappa shape index (κ2) is 3.47. The van der Waals surface area contributed by atoms with Crippen molar-refractivity contribution >= 4 is 22.6 Å². The molecule has 0 saturated heterocycles. The molecule has 1 aromatic heterocycles. The molecule has 0 spiro atoms. The summed E-state index contributed by atoms with van der Waals surface area (Å²) in [5.74, 6) is 0.226. The normalized spacial score (nSPS) is 10.5. The highest BCUT2D eigenvalue weighted by atomic mass is 35.5. The zero-order valence-corrected chi connectivity index (χ0v) is 8.54. The molecular weight excluding hydrogens is 220 g/mol. The molecule has 0 fully saturated rings. The van der Waals surface area contributed by atoms with Gasteiger partial charge in [0.25, 0.3) is 0 Å². The fourth-order valence-electron chi connectivity index (χ4n) is 1.30. The maximum atomic E-state index is 11.0. The van der Waals surface area contributed by atoms with Crippen LogP contribution < -0.4 is 10.4 Å². The molecule has 0 saturated carbocycles. The van der Waals surface area contributed by atoms with Gasteiger partial charge in [-0.25, -0.2) is 4.79 Å². The lowest BCUT2D eigenvalue weighted by molar-refractivity contribution is 0.414. The van der Waals surface area contributed by atoms with Crippen LogP contribution >= 0.6 is 11.6 Å². The lowest BCUT2D eigenvalue weighted by Crippen LogP contribution is -1.96. The first kappa shape index (κ1) is 9.86. The van der Waals surface area contributed by atoms with E-state index in [1.54, 1.807) is 0 Å². The number of hydrogen-bond acceptors (Lipinski definition) is 4. The molecule has 0 aliphatic carbocycles. The number of halogens is 1. The van der Waals surface area contributed by atoms with Gasteiger partial charge >= 0.3 is 5.63 Å². The van der Waals surface area contributed by atoms with Crippen LogP contribution in [0.4, 0.5) is 0 Å². The van der Waals surface area contributed by atoms with E-state index in [0.29, 0.717) is 16.2 Å². The van der Waals surface area contributed by atoms with Gasteiger partial charge in [0, 0.05) is 6.07 Å². The van der Waals surface area contributed by atoms with Gasteiger partial charge in [-0.2, -0.15) is 0 Å². The first-order chi connectivity index (χ1) is 7.11.